The third-order valence-corrected chi connectivity index (χ3v) is 3.04. The molecule has 0 saturated heterocycles. The molecule has 5 heteroatoms. The topological polar surface area (TPSA) is 66.0 Å². The van der Waals surface area contributed by atoms with Gasteiger partial charge in [-0.15, -0.1) is 5.10 Å². The van der Waals surface area contributed by atoms with E-state index in [1.54, 1.807) is 0 Å². The molecule has 0 amide bonds. The summed E-state index contributed by atoms with van der Waals surface area (Å²) in [5.41, 5.74) is 8.56. The fourth-order valence-electron chi connectivity index (χ4n) is 2.00. The average Bonchev–Trinajstić information content (AvgIpc) is 2.88. The number of hydrogen-bond donors (Lipinski definition) is 1. The molecule has 0 spiro atoms. The Morgan fingerprint density at radius 2 is 1.95 bits per heavy atom. The predicted molar refractivity (Wildman–Crippen MR) is 79.0 cm³/mol. The van der Waals surface area contributed by atoms with Gasteiger partial charge in [0.05, 0.1) is 23.7 Å². The van der Waals surface area contributed by atoms with Crippen LogP contribution in [0, 0.1) is 5.92 Å². The summed E-state index contributed by atoms with van der Waals surface area (Å²) >= 11 is 0. The van der Waals surface area contributed by atoms with E-state index in [1.165, 1.54) is 0 Å². The Morgan fingerprint density at radius 1 is 1.25 bits per heavy atom. The third kappa shape index (κ3) is 3.17. The number of benzene rings is 1. The summed E-state index contributed by atoms with van der Waals surface area (Å²) in [6.45, 7) is 7.48. The maximum atomic E-state index is 5.68. The van der Waals surface area contributed by atoms with Gasteiger partial charge in [0.1, 0.15) is 5.75 Å². The summed E-state index contributed by atoms with van der Waals surface area (Å²) in [6, 6.07) is 7.90. The first-order valence-corrected chi connectivity index (χ1v) is 7.02. The number of rotatable bonds is 6. The zero-order chi connectivity index (χ0) is 14.5. The molecule has 0 aliphatic heterocycles. The monoisotopic (exact) mass is 274 g/mol. The predicted octanol–water partition coefficient (Wildman–Crippen LogP) is 2.32. The van der Waals surface area contributed by atoms with Gasteiger partial charge in [-0.3, -0.25) is 0 Å². The molecule has 0 bridgehead atoms. The molecule has 1 aromatic heterocycles. The molecule has 2 rings (SSSR count). The lowest BCUT2D eigenvalue weighted by Gasteiger charge is -2.10. The quantitative estimate of drug-likeness (QED) is 0.878. The van der Waals surface area contributed by atoms with Crippen molar-refractivity contribution in [2.45, 2.75) is 33.7 Å². The van der Waals surface area contributed by atoms with Crippen LogP contribution in [-0.2, 0) is 13.0 Å². The largest absolute Gasteiger partial charge is 0.493 e. The van der Waals surface area contributed by atoms with Gasteiger partial charge in [-0.05, 0) is 36.6 Å². The summed E-state index contributed by atoms with van der Waals surface area (Å²) in [4.78, 5) is 0. The molecule has 5 nitrogen and oxygen atoms in total. The van der Waals surface area contributed by atoms with Crippen molar-refractivity contribution in [3.05, 3.63) is 35.7 Å². The van der Waals surface area contributed by atoms with Crippen molar-refractivity contribution in [1.82, 2.24) is 15.0 Å². The van der Waals surface area contributed by atoms with Crippen molar-refractivity contribution < 1.29 is 4.74 Å². The minimum atomic E-state index is 0.415. The van der Waals surface area contributed by atoms with Crippen LogP contribution in [0.1, 0.15) is 32.2 Å². The van der Waals surface area contributed by atoms with Gasteiger partial charge in [0, 0.05) is 6.54 Å². The molecule has 0 atom stereocenters. The van der Waals surface area contributed by atoms with Gasteiger partial charge < -0.3 is 10.5 Å². The SMILES string of the molecule is CCc1c(CN)nnn1-c1ccc(OCC(C)C)cc1. The molecule has 0 radical (unpaired) electrons. The minimum absolute atomic E-state index is 0.415. The lowest BCUT2D eigenvalue weighted by Crippen LogP contribution is -2.06. The maximum absolute atomic E-state index is 5.68. The van der Waals surface area contributed by atoms with Crippen LogP contribution in [0.3, 0.4) is 0 Å². The first-order valence-electron chi connectivity index (χ1n) is 7.02. The highest BCUT2D eigenvalue weighted by atomic mass is 16.5. The molecule has 0 fully saturated rings. The molecule has 20 heavy (non-hydrogen) atoms. The Hall–Kier alpha value is -1.88. The van der Waals surface area contributed by atoms with Crippen LogP contribution in [0.5, 0.6) is 5.75 Å². The van der Waals surface area contributed by atoms with E-state index >= 15 is 0 Å². The van der Waals surface area contributed by atoms with Crippen molar-refractivity contribution >= 4 is 0 Å². The molecule has 108 valence electrons. The van der Waals surface area contributed by atoms with Crippen LogP contribution in [0.4, 0.5) is 0 Å². The summed E-state index contributed by atoms with van der Waals surface area (Å²) < 4.78 is 7.52. The van der Waals surface area contributed by atoms with Crippen molar-refractivity contribution in [2.24, 2.45) is 11.7 Å². The van der Waals surface area contributed by atoms with E-state index in [2.05, 4.69) is 31.1 Å². The third-order valence-electron chi connectivity index (χ3n) is 3.04. The van der Waals surface area contributed by atoms with Crippen molar-refractivity contribution in [2.75, 3.05) is 6.61 Å². The number of hydrogen-bond acceptors (Lipinski definition) is 4. The van der Waals surface area contributed by atoms with Crippen molar-refractivity contribution in [1.29, 1.82) is 0 Å². The van der Waals surface area contributed by atoms with Crippen LogP contribution < -0.4 is 10.5 Å². The van der Waals surface area contributed by atoms with E-state index in [4.69, 9.17) is 10.5 Å². The fourth-order valence-corrected chi connectivity index (χ4v) is 2.00. The summed E-state index contributed by atoms with van der Waals surface area (Å²) in [5, 5.41) is 8.30. The molecule has 1 heterocycles. The van der Waals surface area contributed by atoms with Crippen molar-refractivity contribution in [3.8, 4) is 11.4 Å². The Kier molecular flexibility index (Phi) is 4.74. The lowest BCUT2D eigenvalue weighted by atomic mass is 10.2. The summed E-state index contributed by atoms with van der Waals surface area (Å²) in [7, 11) is 0. The Labute approximate surface area is 119 Å². The smallest absolute Gasteiger partial charge is 0.119 e. The zero-order valence-electron chi connectivity index (χ0n) is 12.3. The van der Waals surface area contributed by atoms with Gasteiger partial charge in [0.15, 0.2) is 0 Å². The number of nitrogens with two attached hydrogens (primary N) is 1. The van der Waals surface area contributed by atoms with Gasteiger partial charge in [-0.2, -0.15) is 0 Å². The molecule has 0 aliphatic carbocycles. The van der Waals surface area contributed by atoms with Crippen LogP contribution in [-0.4, -0.2) is 21.6 Å². The maximum Gasteiger partial charge on any atom is 0.119 e. The molecular weight excluding hydrogens is 252 g/mol. The van der Waals surface area contributed by atoms with Crippen molar-refractivity contribution in [3.63, 3.8) is 0 Å². The molecule has 1 aromatic carbocycles. The van der Waals surface area contributed by atoms with Crippen LogP contribution in [0.25, 0.3) is 5.69 Å². The average molecular weight is 274 g/mol. The van der Waals surface area contributed by atoms with Gasteiger partial charge >= 0.3 is 0 Å². The normalized spacial score (nSPS) is 11.1. The first kappa shape index (κ1) is 14.5. The molecule has 0 aliphatic rings. The van der Waals surface area contributed by atoms with Crippen LogP contribution in [0.15, 0.2) is 24.3 Å². The fraction of sp³-hybridized carbons (Fsp3) is 0.467. The second-order valence-electron chi connectivity index (χ2n) is 5.15. The highest BCUT2D eigenvalue weighted by Crippen LogP contribution is 2.18. The number of ether oxygens (including phenoxy) is 1. The second-order valence-corrected chi connectivity index (χ2v) is 5.15. The van der Waals surface area contributed by atoms with E-state index in [-0.39, 0.29) is 0 Å². The second kappa shape index (κ2) is 6.52. The molecule has 0 unspecified atom stereocenters. The van der Waals surface area contributed by atoms with Gasteiger partial charge in [-0.1, -0.05) is 26.0 Å². The molecule has 0 saturated carbocycles. The summed E-state index contributed by atoms with van der Waals surface area (Å²) in [5.74, 6) is 1.39. The number of nitrogens with zero attached hydrogens (tertiary/aromatic N) is 3. The first-order chi connectivity index (χ1) is 9.65. The van der Waals surface area contributed by atoms with E-state index < -0.39 is 0 Å². The van der Waals surface area contributed by atoms with Gasteiger partial charge in [-0.25, -0.2) is 4.68 Å². The standard InChI is InChI=1S/C15H22N4O/c1-4-15-14(9-16)17-18-19(15)12-5-7-13(8-6-12)20-10-11(2)3/h5-8,11H,4,9-10,16H2,1-3H3. The Morgan fingerprint density at radius 3 is 2.50 bits per heavy atom. The van der Waals surface area contributed by atoms with Crippen LogP contribution in [0.2, 0.25) is 0 Å². The molecular formula is C15H22N4O. The van der Waals surface area contributed by atoms with E-state index in [0.717, 1.165) is 35.9 Å². The van der Waals surface area contributed by atoms with E-state index in [0.29, 0.717) is 12.5 Å². The number of aromatic nitrogens is 3. The minimum Gasteiger partial charge on any atom is -0.493 e. The van der Waals surface area contributed by atoms with Crippen LogP contribution >= 0.6 is 0 Å². The van der Waals surface area contributed by atoms with E-state index in [1.807, 2.05) is 28.9 Å². The zero-order valence-corrected chi connectivity index (χ0v) is 12.3. The highest BCUT2D eigenvalue weighted by Gasteiger charge is 2.11. The Bertz CT molecular complexity index is 546. The van der Waals surface area contributed by atoms with E-state index in [9.17, 15) is 0 Å². The molecule has 2 N–H and O–H groups in total. The van der Waals surface area contributed by atoms with Gasteiger partial charge in [0.2, 0.25) is 0 Å². The Balaban J connectivity index is 2.19. The lowest BCUT2D eigenvalue weighted by molar-refractivity contribution is 0.271. The highest BCUT2D eigenvalue weighted by molar-refractivity contribution is 5.38. The molecule has 2 aromatic rings. The van der Waals surface area contributed by atoms with Gasteiger partial charge in [0.25, 0.3) is 0 Å². The summed E-state index contributed by atoms with van der Waals surface area (Å²) in [6.07, 6.45) is 0.852.